The zero-order valence-corrected chi connectivity index (χ0v) is 9.66. The van der Waals surface area contributed by atoms with Crippen molar-refractivity contribution in [1.29, 1.82) is 0 Å². The molecule has 6 heteroatoms. The van der Waals surface area contributed by atoms with Gasteiger partial charge >= 0.3 is 6.18 Å². The van der Waals surface area contributed by atoms with E-state index in [0.717, 1.165) is 0 Å². The van der Waals surface area contributed by atoms with Crippen molar-refractivity contribution in [2.24, 2.45) is 0 Å². The van der Waals surface area contributed by atoms with Gasteiger partial charge in [-0.2, -0.15) is 13.2 Å². The average molecular weight is 240 g/mol. The highest BCUT2D eigenvalue weighted by Gasteiger charge is 2.25. The molecule has 96 valence electrons. The molecule has 3 nitrogen and oxygen atoms in total. The van der Waals surface area contributed by atoms with Crippen molar-refractivity contribution in [2.75, 3.05) is 13.6 Å². The molecular weight excluding hydrogens is 221 g/mol. The minimum atomic E-state index is -4.06. The number of carbonyl (C=O) groups excluding carboxylic acids is 1. The summed E-state index contributed by atoms with van der Waals surface area (Å²) in [6.45, 7) is 2.34. The number of halogens is 3. The van der Waals surface area contributed by atoms with E-state index in [2.05, 4.69) is 10.6 Å². The fourth-order valence-electron chi connectivity index (χ4n) is 1.25. The molecule has 0 fully saturated rings. The molecule has 16 heavy (non-hydrogen) atoms. The fraction of sp³-hybridized carbons (Fsp3) is 0.900. The van der Waals surface area contributed by atoms with Gasteiger partial charge in [0.2, 0.25) is 5.91 Å². The van der Waals surface area contributed by atoms with Crippen LogP contribution in [0, 0.1) is 0 Å². The van der Waals surface area contributed by atoms with Crippen LogP contribution in [-0.4, -0.2) is 31.7 Å². The van der Waals surface area contributed by atoms with Crippen LogP contribution < -0.4 is 10.6 Å². The molecule has 0 heterocycles. The third-order valence-corrected chi connectivity index (χ3v) is 2.15. The Labute approximate surface area is 93.8 Å². The quantitative estimate of drug-likeness (QED) is 0.667. The number of rotatable bonds is 7. The maximum absolute atomic E-state index is 11.8. The average Bonchev–Trinajstić information content (AvgIpc) is 2.15. The third kappa shape index (κ3) is 9.76. The Morgan fingerprint density at radius 2 is 1.94 bits per heavy atom. The summed E-state index contributed by atoms with van der Waals surface area (Å²) < 4.78 is 35.4. The van der Waals surface area contributed by atoms with E-state index in [1.165, 1.54) is 0 Å². The van der Waals surface area contributed by atoms with Gasteiger partial charge in [0.1, 0.15) is 0 Å². The van der Waals surface area contributed by atoms with Crippen molar-refractivity contribution >= 4 is 5.91 Å². The van der Waals surface area contributed by atoms with Gasteiger partial charge in [0.15, 0.2) is 0 Å². The topological polar surface area (TPSA) is 41.1 Å². The molecule has 0 aliphatic carbocycles. The number of hydrogen-bond donors (Lipinski definition) is 2. The van der Waals surface area contributed by atoms with E-state index in [4.69, 9.17) is 0 Å². The smallest absolute Gasteiger partial charge is 0.359 e. The van der Waals surface area contributed by atoms with Crippen LogP contribution in [0.4, 0.5) is 13.2 Å². The van der Waals surface area contributed by atoms with Gasteiger partial charge in [-0.05, 0) is 26.3 Å². The van der Waals surface area contributed by atoms with Crippen molar-refractivity contribution in [3.63, 3.8) is 0 Å². The van der Waals surface area contributed by atoms with Crippen LogP contribution in [0.5, 0.6) is 0 Å². The lowest BCUT2D eigenvalue weighted by molar-refractivity contribution is -0.135. The number of carbonyl (C=O) groups is 1. The summed E-state index contributed by atoms with van der Waals surface area (Å²) in [6.07, 6.45) is -3.86. The van der Waals surface area contributed by atoms with Crippen LogP contribution in [0.25, 0.3) is 0 Å². The molecule has 0 radical (unpaired) electrons. The van der Waals surface area contributed by atoms with E-state index >= 15 is 0 Å². The first-order valence-corrected chi connectivity index (χ1v) is 5.36. The van der Waals surface area contributed by atoms with Crippen molar-refractivity contribution in [3.8, 4) is 0 Å². The van der Waals surface area contributed by atoms with Gasteiger partial charge < -0.3 is 10.6 Å². The predicted octanol–water partition coefficient (Wildman–Crippen LogP) is 1.83. The molecule has 0 aromatic rings. The minimum absolute atomic E-state index is 0.00848. The molecule has 0 rings (SSSR count). The second kappa shape index (κ2) is 7.49. The fourth-order valence-corrected chi connectivity index (χ4v) is 1.25. The van der Waals surface area contributed by atoms with E-state index in [1.807, 2.05) is 6.92 Å². The second-order valence-electron chi connectivity index (χ2n) is 3.80. The van der Waals surface area contributed by atoms with Gasteiger partial charge in [-0.3, -0.25) is 4.79 Å². The van der Waals surface area contributed by atoms with Crippen molar-refractivity contribution in [1.82, 2.24) is 10.6 Å². The lowest BCUT2D eigenvalue weighted by Gasteiger charge is -2.12. The standard InChI is InChI=1S/C10H19F3N2O/c1-8(7-9(16)14-2)15-6-4-3-5-10(11,12)13/h8,15H,3-7H2,1-2H3,(H,14,16). The molecule has 0 aliphatic heterocycles. The molecule has 0 aromatic heterocycles. The first-order valence-electron chi connectivity index (χ1n) is 5.36. The summed E-state index contributed by atoms with van der Waals surface area (Å²) in [7, 11) is 1.55. The van der Waals surface area contributed by atoms with E-state index in [-0.39, 0.29) is 18.4 Å². The van der Waals surface area contributed by atoms with Gasteiger partial charge in [0, 0.05) is 25.9 Å². The van der Waals surface area contributed by atoms with Crippen LogP contribution in [0.3, 0.4) is 0 Å². The lowest BCUT2D eigenvalue weighted by Crippen LogP contribution is -2.33. The molecule has 0 aromatic carbocycles. The van der Waals surface area contributed by atoms with E-state index in [9.17, 15) is 18.0 Å². The minimum Gasteiger partial charge on any atom is -0.359 e. The van der Waals surface area contributed by atoms with E-state index in [0.29, 0.717) is 19.4 Å². The zero-order chi connectivity index (χ0) is 12.6. The normalized spacial score (nSPS) is 13.6. The first-order chi connectivity index (χ1) is 7.35. The summed E-state index contributed by atoms with van der Waals surface area (Å²) in [6, 6.07) is -0.00848. The predicted molar refractivity (Wildman–Crippen MR) is 56.1 cm³/mol. The largest absolute Gasteiger partial charge is 0.389 e. The molecule has 0 saturated heterocycles. The zero-order valence-electron chi connectivity index (χ0n) is 9.66. The van der Waals surface area contributed by atoms with E-state index < -0.39 is 12.6 Å². The number of nitrogens with one attached hydrogen (secondary N) is 2. The van der Waals surface area contributed by atoms with Gasteiger partial charge in [0.25, 0.3) is 0 Å². The van der Waals surface area contributed by atoms with Crippen LogP contribution >= 0.6 is 0 Å². The monoisotopic (exact) mass is 240 g/mol. The molecule has 0 bridgehead atoms. The first kappa shape index (κ1) is 15.2. The number of amides is 1. The maximum Gasteiger partial charge on any atom is 0.389 e. The molecule has 0 spiro atoms. The van der Waals surface area contributed by atoms with Crippen molar-refractivity contribution in [2.45, 2.75) is 44.8 Å². The highest BCUT2D eigenvalue weighted by atomic mass is 19.4. The van der Waals surface area contributed by atoms with Crippen LogP contribution in [-0.2, 0) is 4.79 Å². The Morgan fingerprint density at radius 1 is 1.31 bits per heavy atom. The highest BCUT2D eigenvalue weighted by Crippen LogP contribution is 2.21. The van der Waals surface area contributed by atoms with Gasteiger partial charge in [-0.15, -0.1) is 0 Å². The Hall–Kier alpha value is -0.780. The SMILES string of the molecule is CNC(=O)CC(C)NCCCCC(F)(F)F. The van der Waals surface area contributed by atoms with Crippen molar-refractivity contribution in [3.05, 3.63) is 0 Å². The van der Waals surface area contributed by atoms with E-state index in [1.54, 1.807) is 7.05 Å². The summed E-state index contributed by atoms with van der Waals surface area (Å²) >= 11 is 0. The Morgan fingerprint density at radius 3 is 2.44 bits per heavy atom. The van der Waals surface area contributed by atoms with Gasteiger partial charge in [-0.1, -0.05) is 0 Å². The summed E-state index contributed by atoms with van der Waals surface area (Å²) in [4.78, 5) is 10.9. The van der Waals surface area contributed by atoms with Gasteiger partial charge in [0.05, 0.1) is 0 Å². The van der Waals surface area contributed by atoms with Gasteiger partial charge in [-0.25, -0.2) is 0 Å². The van der Waals surface area contributed by atoms with Crippen LogP contribution in [0.1, 0.15) is 32.6 Å². The maximum atomic E-state index is 11.8. The molecule has 1 unspecified atom stereocenters. The summed E-state index contributed by atoms with van der Waals surface area (Å²) in [5, 5.41) is 5.50. The Bertz CT molecular complexity index is 207. The molecule has 0 aliphatic rings. The number of alkyl halides is 3. The number of unbranched alkanes of at least 4 members (excludes halogenated alkanes) is 1. The Balaban J connectivity index is 3.41. The number of hydrogen-bond acceptors (Lipinski definition) is 2. The molecule has 1 atom stereocenters. The lowest BCUT2D eigenvalue weighted by atomic mass is 10.2. The second-order valence-corrected chi connectivity index (χ2v) is 3.80. The van der Waals surface area contributed by atoms with Crippen LogP contribution in [0.2, 0.25) is 0 Å². The van der Waals surface area contributed by atoms with Crippen molar-refractivity contribution < 1.29 is 18.0 Å². The van der Waals surface area contributed by atoms with Crippen LogP contribution in [0.15, 0.2) is 0 Å². The third-order valence-electron chi connectivity index (χ3n) is 2.15. The molecule has 1 amide bonds. The Kier molecular flexibility index (Phi) is 7.12. The molecule has 0 saturated carbocycles. The summed E-state index contributed by atoms with van der Waals surface area (Å²) in [5.74, 6) is -0.0738. The molecular formula is C10H19F3N2O. The molecule has 2 N–H and O–H groups in total. The summed E-state index contributed by atoms with van der Waals surface area (Å²) in [5.41, 5.74) is 0. The highest BCUT2D eigenvalue weighted by molar-refractivity contribution is 5.76.